The molecule has 0 radical (unpaired) electrons. The van der Waals surface area contributed by atoms with Crippen molar-refractivity contribution >= 4 is 15.7 Å². The molecule has 0 amide bonds. The van der Waals surface area contributed by atoms with Gasteiger partial charge in [0, 0.05) is 18.2 Å². The zero-order valence-electron chi connectivity index (χ0n) is 17.7. The van der Waals surface area contributed by atoms with Crippen molar-refractivity contribution in [2.45, 2.75) is 4.90 Å². The molecule has 10 nitrogen and oxygen atoms in total. The highest BCUT2D eigenvalue weighted by Crippen LogP contribution is 2.22. The maximum atomic E-state index is 13.8. The Morgan fingerprint density at radius 1 is 1.00 bits per heavy atom. The standard InChI is InChI=1S/C21H20FN5O5S/c1-30-15-5-3-14(4-6-15)21-25-24-19-9-10-20(26-27(19)21)32-12-11-23-33(28,29)16-7-8-18(31-2)17(22)13-16/h3-10,13,23H,11-12H2,1-2H3. The topological polar surface area (TPSA) is 117 Å². The fraction of sp³-hybridized carbons (Fsp3) is 0.190. The highest BCUT2D eigenvalue weighted by Gasteiger charge is 2.16. The van der Waals surface area contributed by atoms with E-state index in [4.69, 9.17) is 14.2 Å². The van der Waals surface area contributed by atoms with Crippen molar-refractivity contribution in [1.82, 2.24) is 24.5 Å². The van der Waals surface area contributed by atoms with Gasteiger partial charge in [0.25, 0.3) is 0 Å². The second-order valence-electron chi connectivity index (χ2n) is 6.74. The SMILES string of the molecule is COc1ccc(-c2nnc3ccc(OCCNS(=O)(=O)c4ccc(OC)c(F)c4)nn23)cc1. The Morgan fingerprint density at radius 3 is 2.48 bits per heavy atom. The fourth-order valence-electron chi connectivity index (χ4n) is 3.00. The summed E-state index contributed by atoms with van der Waals surface area (Å²) in [7, 11) is -1.03. The predicted molar refractivity (Wildman–Crippen MR) is 116 cm³/mol. The number of nitrogens with zero attached hydrogens (tertiary/aromatic N) is 4. The van der Waals surface area contributed by atoms with Crippen LogP contribution in [0.4, 0.5) is 4.39 Å². The lowest BCUT2D eigenvalue weighted by atomic mass is 10.2. The summed E-state index contributed by atoms with van der Waals surface area (Å²) >= 11 is 0. The first-order valence-electron chi connectivity index (χ1n) is 9.74. The first-order valence-corrected chi connectivity index (χ1v) is 11.2. The molecule has 0 saturated carbocycles. The van der Waals surface area contributed by atoms with Gasteiger partial charge in [-0.2, -0.15) is 4.52 Å². The zero-order valence-corrected chi connectivity index (χ0v) is 18.5. The van der Waals surface area contributed by atoms with Gasteiger partial charge >= 0.3 is 0 Å². The second-order valence-corrected chi connectivity index (χ2v) is 8.50. The number of sulfonamides is 1. The minimum atomic E-state index is -3.92. The summed E-state index contributed by atoms with van der Waals surface area (Å²) in [6, 6.07) is 14.0. The maximum Gasteiger partial charge on any atom is 0.240 e. The number of hydrogen-bond donors (Lipinski definition) is 1. The third kappa shape index (κ3) is 4.86. The second kappa shape index (κ2) is 9.38. The van der Waals surface area contributed by atoms with E-state index in [2.05, 4.69) is 20.0 Å². The molecular formula is C21H20FN5O5S. The van der Waals surface area contributed by atoms with Crippen molar-refractivity contribution in [3.05, 3.63) is 60.4 Å². The third-order valence-corrected chi connectivity index (χ3v) is 6.12. The molecule has 0 unspecified atom stereocenters. The van der Waals surface area contributed by atoms with Gasteiger partial charge in [-0.1, -0.05) is 0 Å². The van der Waals surface area contributed by atoms with Crippen molar-refractivity contribution in [2.75, 3.05) is 27.4 Å². The van der Waals surface area contributed by atoms with Crippen LogP contribution in [-0.2, 0) is 10.0 Å². The normalized spacial score (nSPS) is 11.5. The molecule has 0 aliphatic heterocycles. The first-order chi connectivity index (χ1) is 15.9. The number of fused-ring (bicyclic) bond motifs is 1. The molecule has 4 aromatic rings. The van der Waals surface area contributed by atoms with Crippen molar-refractivity contribution in [1.29, 1.82) is 0 Å². The molecule has 0 saturated heterocycles. The number of hydrogen-bond acceptors (Lipinski definition) is 8. The van der Waals surface area contributed by atoms with Crippen LogP contribution in [0.3, 0.4) is 0 Å². The highest BCUT2D eigenvalue weighted by atomic mass is 32.2. The number of methoxy groups -OCH3 is 2. The Labute approximate surface area is 189 Å². The summed E-state index contributed by atoms with van der Waals surface area (Å²) in [4.78, 5) is -0.214. The van der Waals surface area contributed by atoms with E-state index < -0.39 is 15.8 Å². The van der Waals surface area contributed by atoms with Crippen molar-refractivity contribution in [3.63, 3.8) is 0 Å². The number of halogens is 1. The number of aromatic nitrogens is 4. The summed E-state index contributed by atoms with van der Waals surface area (Å²) in [5, 5.41) is 12.6. The molecule has 0 aliphatic rings. The Kier molecular flexibility index (Phi) is 6.38. The Hall–Kier alpha value is -3.77. The van der Waals surface area contributed by atoms with E-state index in [0.29, 0.717) is 17.2 Å². The van der Waals surface area contributed by atoms with E-state index >= 15 is 0 Å². The van der Waals surface area contributed by atoms with Gasteiger partial charge in [0.2, 0.25) is 15.9 Å². The number of ether oxygens (including phenoxy) is 3. The van der Waals surface area contributed by atoms with Crippen LogP contribution in [0.15, 0.2) is 59.5 Å². The van der Waals surface area contributed by atoms with Crippen LogP contribution in [0.25, 0.3) is 17.0 Å². The maximum absolute atomic E-state index is 13.8. The third-order valence-electron chi connectivity index (χ3n) is 4.66. The van der Waals surface area contributed by atoms with Crippen LogP contribution < -0.4 is 18.9 Å². The van der Waals surface area contributed by atoms with Gasteiger partial charge < -0.3 is 14.2 Å². The van der Waals surface area contributed by atoms with E-state index in [1.165, 1.54) is 23.8 Å². The molecule has 0 aliphatic carbocycles. The lowest BCUT2D eigenvalue weighted by molar-refractivity contribution is 0.306. The smallest absolute Gasteiger partial charge is 0.240 e. The zero-order chi connectivity index (χ0) is 23.4. The van der Waals surface area contributed by atoms with Gasteiger partial charge in [-0.3, -0.25) is 0 Å². The van der Waals surface area contributed by atoms with Gasteiger partial charge in [-0.15, -0.1) is 15.3 Å². The molecule has 172 valence electrons. The Bertz CT molecular complexity index is 1380. The van der Waals surface area contributed by atoms with Crippen molar-refractivity contribution in [3.8, 4) is 28.8 Å². The summed E-state index contributed by atoms with van der Waals surface area (Å²) in [5.74, 6) is 0.675. The van der Waals surface area contributed by atoms with Gasteiger partial charge in [0.15, 0.2) is 23.0 Å². The number of benzene rings is 2. The molecule has 12 heteroatoms. The monoisotopic (exact) mass is 473 g/mol. The van der Waals surface area contributed by atoms with Crippen LogP contribution in [0.1, 0.15) is 0 Å². The summed E-state index contributed by atoms with van der Waals surface area (Å²) < 4.78 is 58.0. The van der Waals surface area contributed by atoms with Crippen LogP contribution in [0.5, 0.6) is 17.4 Å². The summed E-state index contributed by atoms with van der Waals surface area (Å²) in [6.45, 7) is -0.0560. The van der Waals surface area contributed by atoms with Gasteiger partial charge in [-0.25, -0.2) is 17.5 Å². The Morgan fingerprint density at radius 2 is 1.79 bits per heavy atom. The summed E-state index contributed by atoms with van der Waals surface area (Å²) in [6.07, 6.45) is 0. The number of rotatable bonds is 9. The molecule has 0 spiro atoms. The quantitative estimate of drug-likeness (QED) is 0.368. The predicted octanol–water partition coefficient (Wildman–Crippen LogP) is 2.30. The van der Waals surface area contributed by atoms with E-state index in [0.717, 1.165) is 11.6 Å². The van der Waals surface area contributed by atoms with Gasteiger partial charge in [-0.05, 0) is 48.5 Å². The van der Waals surface area contributed by atoms with E-state index in [1.807, 2.05) is 12.1 Å². The molecule has 2 aromatic heterocycles. The lowest BCUT2D eigenvalue weighted by Gasteiger charge is -2.09. The lowest BCUT2D eigenvalue weighted by Crippen LogP contribution is -2.28. The van der Waals surface area contributed by atoms with Gasteiger partial charge in [0.1, 0.15) is 12.4 Å². The van der Waals surface area contributed by atoms with Crippen LogP contribution in [0.2, 0.25) is 0 Å². The molecule has 4 rings (SSSR count). The van der Waals surface area contributed by atoms with Crippen LogP contribution in [-0.4, -0.2) is 55.6 Å². The molecular weight excluding hydrogens is 453 g/mol. The average molecular weight is 473 g/mol. The molecule has 2 heterocycles. The molecule has 0 bridgehead atoms. The average Bonchev–Trinajstić information content (AvgIpc) is 3.25. The van der Waals surface area contributed by atoms with E-state index in [-0.39, 0.29) is 29.7 Å². The summed E-state index contributed by atoms with van der Waals surface area (Å²) in [5.41, 5.74) is 1.31. The highest BCUT2D eigenvalue weighted by molar-refractivity contribution is 7.89. The van der Waals surface area contributed by atoms with Gasteiger partial charge in [0.05, 0.1) is 19.1 Å². The molecule has 0 atom stereocenters. The minimum absolute atomic E-state index is 0.00360. The fourth-order valence-corrected chi connectivity index (χ4v) is 4.02. The largest absolute Gasteiger partial charge is 0.497 e. The molecule has 2 aromatic carbocycles. The van der Waals surface area contributed by atoms with Crippen LogP contribution in [0, 0.1) is 5.82 Å². The van der Waals surface area contributed by atoms with E-state index in [9.17, 15) is 12.8 Å². The molecule has 33 heavy (non-hydrogen) atoms. The van der Waals surface area contributed by atoms with E-state index in [1.54, 1.807) is 31.4 Å². The number of nitrogens with one attached hydrogen (secondary N) is 1. The van der Waals surface area contributed by atoms with Crippen molar-refractivity contribution in [2.24, 2.45) is 0 Å². The van der Waals surface area contributed by atoms with Crippen LogP contribution >= 0.6 is 0 Å². The molecule has 0 fully saturated rings. The van der Waals surface area contributed by atoms with Crippen molar-refractivity contribution < 1.29 is 27.0 Å². The Balaban J connectivity index is 1.41. The first kappa shape index (κ1) is 22.4. The minimum Gasteiger partial charge on any atom is -0.497 e. The molecule has 1 N–H and O–H groups in total.